The van der Waals surface area contributed by atoms with Gasteiger partial charge < -0.3 is 5.11 Å². The summed E-state index contributed by atoms with van der Waals surface area (Å²) >= 11 is 4.59. The second-order valence-corrected chi connectivity index (χ2v) is 8.23. The summed E-state index contributed by atoms with van der Waals surface area (Å²) in [5.74, 6) is -0.591. The van der Waals surface area contributed by atoms with E-state index in [1.54, 1.807) is 4.57 Å². The molecule has 0 saturated carbocycles. The summed E-state index contributed by atoms with van der Waals surface area (Å²) in [5.41, 5.74) is 2.45. The molecule has 0 saturated heterocycles. The van der Waals surface area contributed by atoms with Gasteiger partial charge in [-0.2, -0.15) is 0 Å². The van der Waals surface area contributed by atoms with Crippen molar-refractivity contribution in [2.24, 2.45) is 0 Å². The molecule has 0 radical (unpaired) electrons. The fraction of sp³-hybridized carbons (Fsp3) is 0.0952. The van der Waals surface area contributed by atoms with E-state index in [0.29, 0.717) is 17.2 Å². The van der Waals surface area contributed by atoms with Crippen molar-refractivity contribution in [2.45, 2.75) is 13.5 Å². The maximum Gasteiger partial charge on any atom is 0.337 e. The molecule has 0 aliphatic carbocycles. The highest BCUT2D eigenvalue weighted by atomic mass is 79.9. The lowest BCUT2D eigenvalue weighted by Gasteiger charge is -2.13. The highest BCUT2D eigenvalue weighted by Crippen LogP contribution is 2.26. The van der Waals surface area contributed by atoms with Crippen LogP contribution >= 0.6 is 27.3 Å². The molecule has 0 amide bonds. The molecule has 2 heterocycles. The zero-order valence-electron chi connectivity index (χ0n) is 14.8. The van der Waals surface area contributed by atoms with Crippen molar-refractivity contribution in [1.82, 2.24) is 9.55 Å². The molecule has 0 fully saturated rings. The van der Waals surface area contributed by atoms with Crippen molar-refractivity contribution in [1.29, 1.82) is 0 Å². The van der Waals surface area contributed by atoms with E-state index in [1.807, 2.05) is 55.5 Å². The van der Waals surface area contributed by atoms with E-state index in [4.69, 9.17) is 0 Å². The third kappa shape index (κ3) is 3.39. The van der Waals surface area contributed by atoms with Crippen LogP contribution in [0, 0.1) is 6.92 Å². The Hall–Kier alpha value is -2.77. The molecule has 5 nitrogen and oxygen atoms in total. The molecule has 2 aromatic heterocycles. The van der Waals surface area contributed by atoms with E-state index in [9.17, 15) is 14.7 Å². The number of carboxylic acid groups (broad SMARTS) is 1. The fourth-order valence-electron chi connectivity index (χ4n) is 3.11. The molecule has 4 aromatic rings. The lowest BCUT2D eigenvalue weighted by atomic mass is 10.1. The van der Waals surface area contributed by atoms with Gasteiger partial charge in [0.05, 0.1) is 17.5 Å². The van der Waals surface area contributed by atoms with E-state index < -0.39 is 5.97 Å². The first-order chi connectivity index (χ1) is 13.4. The number of carboxylic acids is 1. The standard InChI is InChI=1S/C21H15BrN2O3S/c1-12-3-2-4-14(9-12)18-23-19-17(16(11-28-19)21(26)27)20(25)24(18)10-13-5-7-15(22)8-6-13/h2-9,11H,10H2,1H3,(H,26,27). The van der Waals surface area contributed by atoms with Crippen molar-refractivity contribution < 1.29 is 9.90 Å². The van der Waals surface area contributed by atoms with Crippen molar-refractivity contribution in [3.05, 3.63) is 85.4 Å². The molecule has 0 atom stereocenters. The third-order valence-corrected chi connectivity index (χ3v) is 5.86. The van der Waals surface area contributed by atoms with Gasteiger partial charge >= 0.3 is 5.97 Å². The van der Waals surface area contributed by atoms with Crippen molar-refractivity contribution >= 4 is 43.5 Å². The highest BCUT2D eigenvalue weighted by Gasteiger charge is 2.20. The van der Waals surface area contributed by atoms with E-state index in [1.165, 1.54) is 16.7 Å². The molecule has 0 bridgehead atoms. The molecule has 0 aliphatic rings. The number of thiophene rings is 1. The SMILES string of the molecule is Cc1cccc(-c2nc3scc(C(=O)O)c3c(=O)n2Cc2ccc(Br)cc2)c1. The first-order valence-electron chi connectivity index (χ1n) is 8.51. The number of carbonyl (C=O) groups is 1. The maximum atomic E-state index is 13.3. The summed E-state index contributed by atoms with van der Waals surface area (Å²) in [5, 5.41) is 11.1. The summed E-state index contributed by atoms with van der Waals surface area (Å²) in [6, 6.07) is 15.4. The smallest absolute Gasteiger partial charge is 0.337 e. The molecule has 28 heavy (non-hydrogen) atoms. The minimum atomic E-state index is -1.12. The molecule has 1 N–H and O–H groups in total. The minimum Gasteiger partial charge on any atom is -0.478 e. The summed E-state index contributed by atoms with van der Waals surface area (Å²) in [7, 11) is 0. The van der Waals surface area contributed by atoms with Gasteiger partial charge in [0.15, 0.2) is 0 Å². The minimum absolute atomic E-state index is 0.00199. The zero-order valence-corrected chi connectivity index (χ0v) is 17.3. The Kier molecular flexibility index (Phi) is 4.87. The first-order valence-corrected chi connectivity index (χ1v) is 10.2. The Morgan fingerprint density at radius 2 is 1.96 bits per heavy atom. The van der Waals surface area contributed by atoms with Gasteiger partial charge in [-0.25, -0.2) is 9.78 Å². The molecular weight excluding hydrogens is 440 g/mol. The van der Waals surface area contributed by atoms with Crippen LogP contribution in [0.1, 0.15) is 21.5 Å². The molecule has 7 heteroatoms. The number of hydrogen-bond donors (Lipinski definition) is 1. The Bertz CT molecular complexity index is 1260. The van der Waals surface area contributed by atoms with Gasteiger partial charge in [0.2, 0.25) is 0 Å². The van der Waals surface area contributed by atoms with Crippen molar-refractivity contribution in [3.63, 3.8) is 0 Å². The van der Waals surface area contributed by atoms with Gasteiger partial charge in [-0.15, -0.1) is 11.3 Å². The number of aryl methyl sites for hydroxylation is 1. The monoisotopic (exact) mass is 454 g/mol. The maximum absolute atomic E-state index is 13.3. The van der Waals surface area contributed by atoms with Crippen molar-refractivity contribution in [2.75, 3.05) is 0 Å². The molecule has 0 unspecified atom stereocenters. The van der Waals surface area contributed by atoms with Crippen LogP contribution in [0.3, 0.4) is 0 Å². The summed E-state index contributed by atoms with van der Waals surface area (Å²) < 4.78 is 2.50. The molecule has 4 rings (SSSR count). The average Bonchev–Trinajstić information content (AvgIpc) is 3.10. The van der Waals surface area contributed by atoms with Gasteiger partial charge in [-0.05, 0) is 30.7 Å². The highest BCUT2D eigenvalue weighted by molar-refractivity contribution is 9.10. The van der Waals surface area contributed by atoms with Crippen LogP contribution in [0.15, 0.2) is 63.2 Å². The number of aromatic nitrogens is 2. The molecule has 0 aliphatic heterocycles. The molecule has 140 valence electrons. The molecule has 2 aromatic carbocycles. The number of aromatic carboxylic acids is 1. The Morgan fingerprint density at radius 1 is 1.21 bits per heavy atom. The number of nitrogens with zero attached hydrogens (tertiary/aromatic N) is 2. The second kappa shape index (κ2) is 7.33. The van der Waals surface area contributed by atoms with Crippen LogP contribution in [0.4, 0.5) is 0 Å². The van der Waals surface area contributed by atoms with Gasteiger partial charge in [0, 0.05) is 15.4 Å². The van der Waals surface area contributed by atoms with Crippen molar-refractivity contribution in [3.8, 4) is 11.4 Å². The Labute approximate surface area is 173 Å². The quantitative estimate of drug-likeness (QED) is 0.473. The van der Waals surface area contributed by atoms with Crippen LogP contribution in [0.25, 0.3) is 21.6 Å². The second-order valence-electron chi connectivity index (χ2n) is 6.46. The molecule has 0 spiro atoms. The van der Waals surface area contributed by atoms with Crippen LogP contribution in [0.2, 0.25) is 0 Å². The summed E-state index contributed by atoms with van der Waals surface area (Å²) in [4.78, 5) is 30.0. The van der Waals surface area contributed by atoms with Crippen LogP contribution in [-0.4, -0.2) is 20.6 Å². The van der Waals surface area contributed by atoms with Crippen LogP contribution in [0.5, 0.6) is 0 Å². The summed E-state index contributed by atoms with van der Waals surface area (Å²) in [6.07, 6.45) is 0. The number of halogens is 1. The third-order valence-electron chi connectivity index (χ3n) is 4.45. The van der Waals surface area contributed by atoms with Gasteiger partial charge in [-0.1, -0.05) is 51.8 Å². The van der Waals surface area contributed by atoms with E-state index >= 15 is 0 Å². The van der Waals surface area contributed by atoms with Crippen LogP contribution < -0.4 is 5.56 Å². The van der Waals surface area contributed by atoms with Crippen LogP contribution in [-0.2, 0) is 6.54 Å². The number of benzene rings is 2. The lowest BCUT2D eigenvalue weighted by Crippen LogP contribution is -2.24. The fourth-order valence-corrected chi connectivity index (χ4v) is 4.27. The first kappa shape index (κ1) is 18.6. The predicted octanol–water partition coefficient (Wildman–Crippen LogP) is 4.94. The van der Waals surface area contributed by atoms with Gasteiger partial charge in [0.25, 0.3) is 5.56 Å². The number of hydrogen-bond acceptors (Lipinski definition) is 4. The summed E-state index contributed by atoms with van der Waals surface area (Å²) in [6.45, 7) is 2.28. The van der Waals surface area contributed by atoms with E-state index in [2.05, 4.69) is 20.9 Å². The van der Waals surface area contributed by atoms with E-state index in [-0.39, 0.29) is 16.5 Å². The largest absolute Gasteiger partial charge is 0.478 e. The average molecular weight is 455 g/mol. The molecular formula is C21H15BrN2O3S. The topological polar surface area (TPSA) is 72.2 Å². The predicted molar refractivity (Wildman–Crippen MR) is 114 cm³/mol. The zero-order chi connectivity index (χ0) is 19.8. The lowest BCUT2D eigenvalue weighted by molar-refractivity contribution is 0.0699. The number of rotatable bonds is 4. The Morgan fingerprint density at radius 3 is 2.64 bits per heavy atom. The van der Waals surface area contributed by atoms with Gasteiger partial charge in [0.1, 0.15) is 10.7 Å². The Balaban J connectivity index is 1.99. The van der Waals surface area contributed by atoms with Gasteiger partial charge in [-0.3, -0.25) is 9.36 Å². The number of fused-ring (bicyclic) bond motifs is 1. The van der Waals surface area contributed by atoms with E-state index in [0.717, 1.165) is 21.2 Å². The normalized spacial score (nSPS) is 11.1.